The average Bonchev–Trinajstić information content (AvgIpc) is 2.92. The number of hydrogen-bond acceptors (Lipinski definition) is 5. The SMILES string of the molecule is CSCC[C@H](NC(C)=O)C(=O)N1Cc2nc(C)n(C)c(=O)c2C1. The van der Waals surface area contributed by atoms with E-state index in [1.54, 1.807) is 30.6 Å². The van der Waals surface area contributed by atoms with Gasteiger partial charge in [0, 0.05) is 14.0 Å². The van der Waals surface area contributed by atoms with Crippen molar-refractivity contribution in [3.63, 3.8) is 0 Å². The molecule has 0 saturated heterocycles. The van der Waals surface area contributed by atoms with Gasteiger partial charge < -0.3 is 10.2 Å². The number of amides is 2. The van der Waals surface area contributed by atoms with Crippen molar-refractivity contribution in [3.8, 4) is 0 Å². The van der Waals surface area contributed by atoms with Crippen LogP contribution < -0.4 is 10.9 Å². The highest BCUT2D eigenvalue weighted by Crippen LogP contribution is 2.20. The Kier molecular flexibility index (Phi) is 5.46. The van der Waals surface area contributed by atoms with Gasteiger partial charge in [-0.1, -0.05) is 0 Å². The fourth-order valence-electron chi connectivity index (χ4n) is 2.64. The number of fused-ring (bicyclic) bond motifs is 1. The van der Waals surface area contributed by atoms with E-state index in [2.05, 4.69) is 10.3 Å². The van der Waals surface area contributed by atoms with E-state index in [0.29, 0.717) is 30.0 Å². The van der Waals surface area contributed by atoms with E-state index in [0.717, 1.165) is 5.75 Å². The molecule has 0 unspecified atom stereocenters. The topological polar surface area (TPSA) is 84.3 Å². The summed E-state index contributed by atoms with van der Waals surface area (Å²) in [5.74, 6) is 1.01. The van der Waals surface area contributed by atoms with Crippen LogP contribution in [0.15, 0.2) is 4.79 Å². The monoisotopic (exact) mass is 338 g/mol. The Balaban J connectivity index is 2.19. The molecule has 0 aliphatic carbocycles. The van der Waals surface area contributed by atoms with Crippen molar-refractivity contribution < 1.29 is 9.59 Å². The van der Waals surface area contributed by atoms with Crippen molar-refractivity contribution in [3.05, 3.63) is 27.4 Å². The Bertz CT molecular complexity index is 686. The molecule has 0 bridgehead atoms. The Hall–Kier alpha value is -1.83. The van der Waals surface area contributed by atoms with Crippen molar-refractivity contribution in [2.24, 2.45) is 7.05 Å². The number of nitrogens with one attached hydrogen (secondary N) is 1. The molecular weight excluding hydrogens is 316 g/mol. The van der Waals surface area contributed by atoms with Crippen molar-refractivity contribution in [2.45, 2.75) is 39.4 Å². The van der Waals surface area contributed by atoms with Crippen molar-refractivity contribution in [1.29, 1.82) is 0 Å². The van der Waals surface area contributed by atoms with Crippen LogP contribution in [0.1, 0.15) is 30.4 Å². The number of rotatable bonds is 5. The maximum absolute atomic E-state index is 12.7. The number of carbonyl (C=O) groups excluding carboxylic acids is 2. The lowest BCUT2D eigenvalue weighted by Crippen LogP contribution is -2.46. The van der Waals surface area contributed by atoms with Crippen LogP contribution in [0, 0.1) is 6.92 Å². The molecule has 1 aliphatic rings. The zero-order valence-electron chi connectivity index (χ0n) is 13.9. The molecule has 23 heavy (non-hydrogen) atoms. The summed E-state index contributed by atoms with van der Waals surface area (Å²) in [4.78, 5) is 42.3. The van der Waals surface area contributed by atoms with Gasteiger partial charge >= 0.3 is 0 Å². The van der Waals surface area contributed by atoms with E-state index in [9.17, 15) is 14.4 Å². The van der Waals surface area contributed by atoms with Crippen LogP contribution >= 0.6 is 11.8 Å². The predicted octanol–water partition coefficient (Wildman–Crippen LogP) is 0.189. The minimum atomic E-state index is -0.556. The molecular formula is C15H22N4O3S. The second kappa shape index (κ2) is 7.16. The highest BCUT2D eigenvalue weighted by Gasteiger charge is 2.32. The first kappa shape index (κ1) is 17.5. The molecule has 8 heteroatoms. The zero-order chi connectivity index (χ0) is 17.1. The predicted molar refractivity (Wildman–Crippen MR) is 89.1 cm³/mol. The van der Waals surface area contributed by atoms with E-state index in [1.807, 2.05) is 6.26 Å². The summed E-state index contributed by atoms with van der Waals surface area (Å²) in [6.07, 6.45) is 2.52. The number of hydrogen-bond donors (Lipinski definition) is 1. The molecule has 0 spiro atoms. The largest absolute Gasteiger partial charge is 0.345 e. The first-order chi connectivity index (χ1) is 10.8. The van der Waals surface area contributed by atoms with E-state index in [4.69, 9.17) is 0 Å². The summed E-state index contributed by atoms with van der Waals surface area (Å²) >= 11 is 1.62. The van der Waals surface area contributed by atoms with Gasteiger partial charge in [-0.25, -0.2) is 4.98 Å². The third kappa shape index (κ3) is 3.74. The number of thioether (sulfide) groups is 1. The van der Waals surface area contributed by atoms with Crippen molar-refractivity contribution in [1.82, 2.24) is 19.8 Å². The Morgan fingerprint density at radius 2 is 2.09 bits per heavy atom. The van der Waals surface area contributed by atoms with Crippen LogP contribution in [-0.2, 0) is 29.7 Å². The third-order valence-corrected chi connectivity index (χ3v) is 4.62. The first-order valence-corrected chi connectivity index (χ1v) is 8.84. The quantitative estimate of drug-likeness (QED) is 0.828. The van der Waals surface area contributed by atoms with Crippen molar-refractivity contribution in [2.75, 3.05) is 12.0 Å². The van der Waals surface area contributed by atoms with Crippen LogP contribution in [0.2, 0.25) is 0 Å². The molecule has 1 aromatic heterocycles. The van der Waals surface area contributed by atoms with E-state index >= 15 is 0 Å². The fraction of sp³-hybridized carbons (Fsp3) is 0.600. The lowest BCUT2D eigenvalue weighted by Gasteiger charge is -2.23. The zero-order valence-corrected chi connectivity index (χ0v) is 14.7. The molecule has 0 fully saturated rings. The van der Waals surface area contributed by atoms with Gasteiger partial charge in [0.25, 0.3) is 5.56 Å². The molecule has 1 aromatic rings. The summed E-state index contributed by atoms with van der Waals surface area (Å²) in [6, 6.07) is -0.556. The summed E-state index contributed by atoms with van der Waals surface area (Å²) in [5.41, 5.74) is 1.12. The highest BCUT2D eigenvalue weighted by molar-refractivity contribution is 7.98. The minimum Gasteiger partial charge on any atom is -0.345 e. The summed E-state index contributed by atoms with van der Waals surface area (Å²) in [7, 11) is 1.67. The molecule has 2 rings (SSSR count). The van der Waals surface area contributed by atoms with E-state index in [1.165, 1.54) is 11.5 Å². The number of aryl methyl sites for hydroxylation is 1. The minimum absolute atomic E-state index is 0.108. The molecule has 2 amide bonds. The van der Waals surface area contributed by atoms with Crippen LogP contribution in [0.5, 0.6) is 0 Å². The second-order valence-electron chi connectivity index (χ2n) is 5.68. The molecule has 7 nitrogen and oxygen atoms in total. The number of nitrogens with zero attached hydrogens (tertiary/aromatic N) is 3. The van der Waals surface area contributed by atoms with Crippen molar-refractivity contribution >= 4 is 23.6 Å². The standard InChI is InChI=1S/C15H22N4O3S/c1-9-16-13-8-19(7-11(13)14(21)18(9)3)15(22)12(5-6-23-4)17-10(2)20/h12H,5-8H2,1-4H3,(H,17,20)/t12-/m0/s1. The molecule has 126 valence electrons. The van der Waals surface area contributed by atoms with Gasteiger partial charge in [0.15, 0.2) is 0 Å². The molecule has 0 aromatic carbocycles. The Morgan fingerprint density at radius 1 is 1.39 bits per heavy atom. The van der Waals surface area contributed by atoms with Crippen LogP contribution in [0.3, 0.4) is 0 Å². The van der Waals surface area contributed by atoms with E-state index < -0.39 is 6.04 Å². The van der Waals surface area contributed by atoms with Gasteiger partial charge in [-0.2, -0.15) is 11.8 Å². The Morgan fingerprint density at radius 3 is 2.70 bits per heavy atom. The van der Waals surface area contributed by atoms with Crippen LogP contribution in [0.25, 0.3) is 0 Å². The summed E-state index contributed by atoms with van der Waals surface area (Å²) < 4.78 is 1.49. The highest BCUT2D eigenvalue weighted by atomic mass is 32.2. The van der Waals surface area contributed by atoms with Gasteiger partial charge in [0.1, 0.15) is 11.9 Å². The maximum atomic E-state index is 12.7. The molecule has 0 saturated carbocycles. The molecule has 2 heterocycles. The smallest absolute Gasteiger partial charge is 0.258 e. The lowest BCUT2D eigenvalue weighted by molar-refractivity contribution is -0.136. The van der Waals surface area contributed by atoms with Gasteiger partial charge in [-0.3, -0.25) is 19.0 Å². The van der Waals surface area contributed by atoms with Gasteiger partial charge in [-0.05, 0) is 25.4 Å². The summed E-state index contributed by atoms with van der Waals surface area (Å²) in [6.45, 7) is 3.74. The molecule has 1 N–H and O–H groups in total. The third-order valence-electron chi connectivity index (χ3n) is 3.98. The Labute approximate surface area is 139 Å². The van der Waals surface area contributed by atoms with Gasteiger partial charge in [-0.15, -0.1) is 0 Å². The lowest BCUT2D eigenvalue weighted by atomic mass is 10.2. The van der Waals surface area contributed by atoms with Gasteiger partial charge in [0.2, 0.25) is 11.8 Å². The maximum Gasteiger partial charge on any atom is 0.258 e. The normalized spacial score (nSPS) is 14.5. The molecule has 1 atom stereocenters. The van der Waals surface area contributed by atoms with Gasteiger partial charge in [0.05, 0.1) is 24.3 Å². The molecule has 1 aliphatic heterocycles. The van der Waals surface area contributed by atoms with Crippen LogP contribution in [-0.4, -0.2) is 44.3 Å². The summed E-state index contributed by atoms with van der Waals surface area (Å²) in [5, 5.41) is 2.71. The second-order valence-corrected chi connectivity index (χ2v) is 6.66. The first-order valence-electron chi connectivity index (χ1n) is 7.45. The average molecular weight is 338 g/mol. The number of carbonyl (C=O) groups is 2. The van der Waals surface area contributed by atoms with E-state index in [-0.39, 0.29) is 23.9 Å². The fourth-order valence-corrected chi connectivity index (χ4v) is 3.11. The number of aromatic nitrogens is 2. The molecule has 0 radical (unpaired) electrons. The van der Waals surface area contributed by atoms with Crippen LogP contribution in [0.4, 0.5) is 0 Å².